The molecule has 1 heterocycles. The summed E-state index contributed by atoms with van der Waals surface area (Å²) in [7, 11) is 0. The molecule has 2 bridgehead atoms. The van der Waals surface area contributed by atoms with Crippen molar-refractivity contribution >= 4 is 17.7 Å². The fourth-order valence-electron chi connectivity index (χ4n) is 4.27. The molecule has 0 radical (unpaired) electrons. The van der Waals surface area contributed by atoms with Crippen LogP contribution in [0.25, 0.3) is 0 Å². The lowest BCUT2D eigenvalue weighted by atomic mass is 9.80. The zero-order valence-corrected chi connectivity index (χ0v) is 11.9. The van der Waals surface area contributed by atoms with Gasteiger partial charge in [0.25, 0.3) is 0 Å². The largest absolute Gasteiger partial charge is 0.462 e. The maximum Gasteiger partial charge on any atom is 0.310 e. The van der Waals surface area contributed by atoms with Gasteiger partial charge in [0, 0.05) is 11.5 Å². The van der Waals surface area contributed by atoms with E-state index in [0.29, 0.717) is 5.56 Å². The Hall–Kier alpha value is -2.17. The molecule has 5 heteroatoms. The molecule has 1 saturated heterocycles. The van der Waals surface area contributed by atoms with E-state index in [1.54, 1.807) is 24.3 Å². The van der Waals surface area contributed by atoms with Crippen LogP contribution in [0.1, 0.15) is 23.2 Å². The first kappa shape index (κ1) is 13.5. The summed E-state index contributed by atoms with van der Waals surface area (Å²) >= 11 is 0. The molecule has 5 nitrogen and oxygen atoms in total. The molecule has 4 rings (SSSR count). The summed E-state index contributed by atoms with van der Waals surface area (Å²) < 4.78 is 10.5. The Labute approximate surface area is 127 Å². The van der Waals surface area contributed by atoms with Crippen LogP contribution in [-0.2, 0) is 19.1 Å². The number of rotatable bonds is 4. The second-order valence-electron chi connectivity index (χ2n) is 6.32. The lowest BCUT2D eigenvalue weighted by molar-refractivity contribution is -0.154. The summed E-state index contributed by atoms with van der Waals surface area (Å²) in [5, 5.41) is 0. The van der Waals surface area contributed by atoms with Crippen molar-refractivity contribution in [3.05, 3.63) is 35.9 Å². The molecule has 2 aliphatic carbocycles. The topological polar surface area (TPSA) is 69.7 Å². The van der Waals surface area contributed by atoms with Crippen LogP contribution in [-0.4, -0.2) is 30.4 Å². The predicted octanol–water partition coefficient (Wildman–Crippen LogP) is 1.61. The minimum atomic E-state index is -0.431. The summed E-state index contributed by atoms with van der Waals surface area (Å²) in [6.45, 7) is -0.276. The third-order valence-electron chi connectivity index (χ3n) is 5.20. The Morgan fingerprint density at radius 2 is 1.95 bits per heavy atom. The number of hydrogen-bond donors (Lipinski definition) is 0. The van der Waals surface area contributed by atoms with E-state index in [4.69, 9.17) is 9.47 Å². The number of carbonyl (C=O) groups excluding carboxylic acids is 3. The van der Waals surface area contributed by atoms with Gasteiger partial charge in [-0.25, -0.2) is 0 Å². The average molecular weight is 300 g/mol. The second-order valence-corrected chi connectivity index (χ2v) is 6.32. The molecule has 3 fully saturated rings. The van der Waals surface area contributed by atoms with Gasteiger partial charge < -0.3 is 9.47 Å². The Bertz CT molecular complexity index is 636. The molecule has 0 aromatic heterocycles. The number of esters is 2. The van der Waals surface area contributed by atoms with Crippen molar-refractivity contribution in [2.75, 3.05) is 6.61 Å². The number of Topliss-reactive ketones (excluding diaryl/α,β-unsaturated/α-hetero) is 1. The smallest absolute Gasteiger partial charge is 0.310 e. The van der Waals surface area contributed by atoms with Crippen LogP contribution in [0.2, 0.25) is 0 Å². The van der Waals surface area contributed by atoms with E-state index in [0.717, 1.165) is 12.8 Å². The maximum absolute atomic E-state index is 12.3. The van der Waals surface area contributed by atoms with E-state index in [2.05, 4.69) is 0 Å². The van der Waals surface area contributed by atoms with Crippen LogP contribution < -0.4 is 0 Å². The van der Waals surface area contributed by atoms with Gasteiger partial charge in [0.2, 0.25) is 0 Å². The minimum Gasteiger partial charge on any atom is -0.462 e. The molecule has 0 N–H and O–H groups in total. The fourth-order valence-corrected chi connectivity index (χ4v) is 4.27. The number of fused-ring (bicyclic) bond motifs is 1. The van der Waals surface area contributed by atoms with Gasteiger partial charge in [-0.3, -0.25) is 14.4 Å². The van der Waals surface area contributed by atoms with E-state index in [1.807, 2.05) is 6.07 Å². The van der Waals surface area contributed by atoms with Gasteiger partial charge in [-0.1, -0.05) is 30.3 Å². The van der Waals surface area contributed by atoms with Crippen LogP contribution in [0.5, 0.6) is 0 Å². The molecule has 0 unspecified atom stereocenters. The lowest BCUT2D eigenvalue weighted by Gasteiger charge is -2.22. The van der Waals surface area contributed by atoms with Crippen molar-refractivity contribution < 1.29 is 23.9 Å². The molecule has 114 valence electrons. The van der Waals surface area contributed by atoms with Crippen molar-refractivity contribution in [3.8, 4) is 0 Å². The Balaban J connectivity index is 1.41. The van der Waals surface area contributed by atoms with Crippen molar-refractivity contribution in [1.82, 2.24) is 0 Å². The molecule has 1 aliphatic heterocycles. The molecule has 3 aliphatic rings. The molecule has 22 heavy (non-hydrogen) atoms. The Kier molecular flexibility index (Phi) is 3.03. The molecule has 1 aromatic carbocycles. The Morgan fingerprint density at radius 3 is 2.73 bits per heavy atom. The molecule has 2 saturated carbocycles. The number of ether oxygens (including phenoxy) is 2. The first-order valence-corrected chi connectivity index (χ1v) is 7.60. The molecule has 0 spiro atoms. The quantitative estimate of drug-likeness (QED) is 0.624. The summed E-state index contributed by atoms with van der Waals surface area (Å²) in [5.74, 6) is -1.40. The van der Waals surface area contributed by atoms with Gasteiger partial charge in [0.05, 0.1) is 11.8 Å². The number of ketones is 1. The molecule has 0 amide bonds. The van der Waals surface area contributed by atoms with Crippen molar-refractivity contribution in [3.63, 3.8) is 0 Å². The van der Waals surface area contributed by atoms with Crippen molar-refractivity contribution in [2.24, 2.45) is 23.7 Å². The van der Waals surface area contributed by atoms with Gasteiger partial charge >= 0.3 is 11.9 Å². The molecule has 1 aromatic rings. The highest BCUT2D eigenvalue weighted by Crippen LogP contribution is 2.57. The van der Waals surface area contributed by atoms with Gasteiger partial charge in [0.15, 0.2) is 12.4 Å². The summed E-state index contributed by atoms with van der Waals surface area (Å²) in [5.41, 5.74) is 0.517. The molecular formula is C17H16O5. The summed E-state index contributed by atoms with van der Waals surface area (Å²) in [6, 6.07) is 8.72. The van der Waals surface area contributed by atoms with Gasteiger partial charge in [-0.15, -0.1) is 0 Å². The van der Waals surface area contributed by atoms with E-state index in [-0.39, 0.29) is 42.2 Å². The normalized spacial score (nSPS) is 34.5. The van der Waals surface area contributed by atoms with E-state index < -0.39 is 11.9 Å². The highest BCUT2D eigenvalue weighted by Gasteiger charge is 2.64. The number of carbonyl (C=O) groups is 3. The zero-order valence-electron chi connectivity index (χ0n) is 11.9. The van der Waals surface area contributed by atoms with Crippen LogP contribution in [0.4, 0.5) is 0 Å². The summed E-state index contributed by atoms with van der Waals surface area (Å²) in [4.78, 5) is 36.2. The van der Waals surface area contributed by atoms with Crippen LogP contribution in [0.15, 0.2) is 30.3 Å². The van der Waals surface area contributed by atoms with Crippen molar-refractivity contribution in [2.45, 2.75) is 18.9 Å². The first-order chi connectivity index (χ1) is 10.6. The molecule has 5 atom stereocenters. The number of benzene rings is 1. The first-order valence-electron chi connectivity index (χ1n) is 7.60. The molecular weight excluding hydrogens is 284 g/mol. The van der Waals surface area contributed by atoms with Crippen LogP contribution >= 0.6 is 0 Å². The van der Waals surface area contributed by atoms with Gasteiger partial charge in [-0.05, 0) is 18.8 Å². The van der Waals surface area contributed by atoms with Crippen LogP contribution in [0.3, 0.4) is 0 Å². The summed E-state index contributed by atoms with van der Waals surface area (Å²) in [6.07, 6.45) is 1.60. The maximum atomic E-state index is 12.3. The standard InChI is InChI=1S/C17H16O5/c18-12(9-4-2-1-3-5-9)8-21-16(19)14-10-6-11-13(7-10)22-17(20)15(11)14/h1-5,10-11,13-15H,6-8H2/t10-,11-,13+,14+,15-/m0/s1. The van der Waals surface area contributed by atoms with E-state index in [1.165, 1.54) is 0 Å². The predicted molar refractivity (Wildman–Crippen MR) is 74.8 cm³/mol. The van der Waals surface area contributed by atoms with E-state index >= 15 is 0 Å². The second kappa shape index (κ2) is 4.93. The highest BCUT2D eigenvalue weighted by atomic mass is 16.6. The highest BCUT2D eigenvalue weighted by molar-refractivity contribution is 5.98. The monoisotopic (exact) mass is 300 g/mol. The Morgan fingerprint density at radius 1 is 1.18 bits per heavy atom. The fraction of sp³-hybridized carbons (Fsp3) is 0.471. The average Bonchev–Trinajstić information content (AvgIpc) is 3.15. The van der Waals surface area contributed by atoms with E-state index in [9.17, 15) is 14.4 Å². The third kappa shape index (κ3) is 1.95. The van der Waals surface area contributed by atoms with Crippen molar-refractivity contribution in [1.29, 1.82) is 0 Å². The van der Waals surface area contributed by atoms with Gasteiger partial charge in [0.1, 0.15) is 6.10 Å². The zero-order chi connectivity index (χ0) is 15.3. The number of hydrogen-bond acceptors (Lipinski definition) is 5. The van der Waals surface area contributed by atoms with Crippen LogP contribution in [0, 0.1) is 23.7 Å². The SMILES string of the molecule is O=C(COC(=O)[C@@H]1[C@H]2C[C@@H]3[C@@H]1C(=O)O[C@@H]3C2)c1ccccc1. The minimum absolute atomic E-state index is 0.00231. The van der Waals surface area contributed by atoms with Gasteiger partial charge in [-0.2, -0.15) is 0 Å². The third-order valence-corrected chi connectivity index (χ3v) is 5.20. The lowest BCUT2D eigenvalue weighted by Crippen LogP contribution is -2.34.